The summed E-state index contributed by atoms with van der Waals surface area (Å²) in [5, 5.41) is 0. The van der Waals surface area contributed by atoms with Crippen LogP contribution >= 0.6 is 16.5 Å². The van der Waals surface area contributed by atoms with Crippen LogP contribution in [0.3, 0.4) is 0 Å². The van der Waals surface area contributed by atoms with Crippen LogP contribution in [0.5, 0.6) is 0 Å². The van der Waals surface area contributed by atoms with Gasteiger partial charge in [-0.3, -0.25) is 0 Å². The molecule has 0 amide bonds. The average Bonchev–Trinajstić information content (AvgIpc) is 1.69. The van der Waals surface area contributed by atoms with Gasteiger partial charge in [-0.1, -0.05) is 0 Å². The van der Waals surface area contributed by atoms with Crippen molar-refractivity contribution in [2.24, 2.45) is 0 Å². The van der Waals surface area contributed by atoms with Crippen LogP contribution in [-0.4, -0.2) is 12.8 Å². The van der Waals surface area contributed by atoms with E-state index in [0.29, 0.717) is 8.27 Å². The summed E-state index contributed by atoms with van der Waals surface area (Å²) in [6.45, 7) is 4.66. The van der Waals surface area contributed by atoms with Crippen molar-refractivity contribution in [2.45, 2.75) is 19.8 Å². The van der Waals surface area contributed by atoms with Gasteiger partial charge in [-0.25, -0.2) is 0 Å². The molecule has 0 aliphatic carbocycles. The first-order chi connectivity index (χ1) is 3.41. The van der Waals surface area contributed by atoms with E-state index in [4.69, 9.17) is 0 Å². The van der Waals surface area contributed by atoms with Crippen molar-refractivity contribution < 1.29 is 0 Å². The second kappa shape index (κ2) is 6.86. The molecule has 0 bridgehead atoms. The number of hydrogen-bond donors (Lipinski definition) is 0. The maximum absolute atomic E-state index is 2.40. The Balaban J connectivity index is 2.45. The number of rotatable bonds is 4. The molecule has 0 nitrogen and oxygen atoms in total. The van der Waals surface area contributed by atoms with Gasteiger partial charge in [-0.05, 0) is 0 Å². The van der Waals surface area contributed by atoms with Crippen LogP contribution in [0.4, 0.5) is 0 Å². The zero-order valence-corrected chi connectivity index (χ0v) is 7.74. The Hall–Kier alpha value is 0.860. The summed E-state index contributed by atoms with van der Waals surface area (Å²) in [5.41, 5.74) is 0. The van der Waals surface area contributed by atoms with Gasteiger partial charge in [0.25, 0.3) is 0 Å². The van der Waals surface area contributed by atoms with Crippen LogP contribution in [0.15, 0.2) is 0 Å². The molecule has 46 valence electrons. The first kappa shape index (κ1) is 7.86. The Morgan fingerprint density at radius 2 is 2.29 bits per heavy atom. The second-order valence-corrected chi connectivity index (χ2v) is 7.04. The van der Waals surface area contributed by atoms with Crippen molar-refractivity contribution in [3.63, 3.8) is 0 Å². The maximum atomic E-state index is 2.40. The topological polar surface area (TPSA) is 0 Å². The quantitative estimate of drug-likeness (QED) is 0.412. The fraction of sp³-hybridized carbons (Fsp3) is 1.00. The van der Waals surface area contributed by atoms with Crippen LogP contribution in [-0.2, 0) is 0 Å². The number of unbranched alkanes of at least 4 members (excludes halogenated alkanes) is 1. The number of hydrogen-bond acceptors (Lipinski definition) is 0. The summed E-state index contributed by atoms with van der Waals surface area (Å²) in [5.74, 6) is 0. The molecule has 0 fully saturated rings. The molecule has 0 aromatic carbocycles. The molecule has 0 saturated carbocycles. The normalized spacial score (nSPS) is 11.7. The molecular formula is C5H16P2. The van der Waals surface area contributed by atoms with Gasteiger partial charge < -0.3 is 0 Å². The van der Waals surface area contributed by atoms with Crippen molar-refractivity contribution in [1.29, 1.82) is 0 Å². The van der Waals surface area contributed by atoms with E-state index in [1.807, 2.05) is 0 Å². The Bertz CT molecular complexity index is 25.3. The van der Waals surface area contributed by atoms with Crippen molar-refractivity contribution >= 4 is 16.5 Å². The second-order valence-electron chi connectivity index (χ2n) is 1.71. The first-order valence-electron chi connectivity index (χ1n) is 3.12. The van der Waals surface area contributed by atoms with Gasteiger partial charge >= 0.3 is 49.1 Å². The summed E-state index contributed by atoms with van der Waals surface area (Å²) < 4.78 is 0. The van der Waals surface area contributed by atoms with E-state index < -0.39 is 0 Å². The molecular weight excluding hydrogens is 122 g/mol. The predicted molar refractivity (Wildman–Crippen MR) is 45.1 cm³/mol. The van der Waals surface area contributed by atoms with E-state index in [-0.39, 0.29) is 0 Å². The third-order valence-corrected chi connectivity index (χ3v) is 4.72. The summed E-state index contributed by atoms with van der Waals surface area (Å²) in [6, 6.07) is 0. The van der Waals surface area contributed by atoms with E-state index in [2.05, 4.69) is 13.6 Å². The summed E-state index contributed by atoms with van der Waals surface area (Å²) in [6.07, 6.45) is 4.39. The molecule has 0 aromatic heterocycles. The minimum atomic E-state index is 0.421. The minimum absolute atomic E-state index is 0.421. The van der Waals surface area contributed by atoms with Crippen LogP contribution < -0.4 is 0 Å². The zero-order chi connectivity index (χ0) is 5.54. The molecule has 1 atom stereocenters. The van der Waals surface area contributed by atoms with Gasteiger partial charge in [-0.2, -0.15) is 0 Å². The molecule has 0 spiro atoms. The van der Waals surface area contributed by atoms with E-state index in [1.54, 1.807) is 0 Å². The van der Waals surface area contributed by atoms with Gasteiger partial charge in [0, 0.05) is 0 Å². The van der Waals surface area contributed by atoms with Crippen LogP contribution in [0.2, 0.25) is 0 Å². The Kier molecular flexibility index (Phi) is 7.70. The Morgan fingerprint density at radius 1 is 1.57 bits per heavy atom. The Labute approximate surface area is 49.9 Å². The van der Waals surface area contributed by atoms with Gasteiger partial charge in [0.1, 0.15) is 0 Å². The van der Waals surface area contributed by atoms with Crippen LogP contribution in [0, 0.1) is 0 Å². The average molecular weight is 138 g/mol. The first-order valence-corrected chi connectivity index (χ1v) is 8.07. The molecule has 0 saturated heterocycles. The summed E-state index contributed by atoms with van der Waals surface area (Å²) in [4.78, 5) is 0. The molecule has 7 heavy (non-hydrogen) atoms. The molecule has 0 N–H and O–H groups in total. The van der Waals surface area contributed by atoms with Crippen molar-refractivity contribution in [2.75, 3.05) is 12.8 Å². The molecule has 0 heterocycles. The predicted octanol–water partition coefficient (Wildman–Crippen LogP) is 2.15. The summed E-state index contributed by atoms with van der Waals surface area (Å²) in [7, 11) is 1.78. The zero-order valence-electron chi connectivity index (χ0n) is 5.33. The third kappa shape index (κ3) is 6.86. The van der Waals surface area contributed by atoms with Gasteiger partial charge in [-0.15, -0.1) is 0 Å². The summed E-state index contributed by atoms with van der Waals surface area (Å²) >= 11 is 0. The van der Waals surface area contributed by atoms with Gasteiger partial charge in [0.15, 0.2) is 0 Å². The standard InChI is InChI=1S/C5H16P2/c1-3-4-5-7-6-2/h7H,3-5H2,1-2,6H3. The van der Waals surface area contributed by atoms with Crippen LogP contribution in [0.25, 0.3) is 0 Å². The molecule has 0 aliphatic heterocycles. The molecule has 0 rings (SSSR count). The van der Waals surface area contributed by atoms with Crippen LogP contribution in [0.1, 0.15) is 19.8 Å². The molecule has 0 radical (unpaired) electrons. The monoisotopic (exact) mass is 138 g/mol. The molecule has 0 aromatic rings. The van der Waals surface area contributed by atoms with Crippen molar-refractivity contribution in [3.8, 4) is 0 Å². The van der Waals surface area contributed by atoms with Crippen molar-refractivity contribution in [1.82, 2.24) is 0 Å². The third-order valence-electron chi connectivity index (χ3n) is 0.957. The van der Waals surface area contributed by atoms with E-state index in [9.17, 15) is 0 Å². The van der Waals surface area contributed by atoms with Gasteiger partial charge in [0.05, 0.1) is 0 Å². The van der Waals surface area contributed by atoms with E-state index in [0.717, 1.165) is 0 Å². The van der Waals surface area contributed by atoms with E-state index >= 15 is 0 Å². The molecule has 0 aliphatic rings. The Morgan fingerprint density at radius 3 is 2.71 bits per heavy atom. The fourth-order valence-electron chi connectivity index (χ4n) is 0.479. The molecule has 1 unspecified atom stereocenters. The van der Waals surface area contributed by atoms with E-state index in [1.165, 1.54) is 27.3 Å². The molecule has 2 heteroatoms. The van der Waals surface area contributed by atoms with Crippen molar-refractivity contribution in [3.05, 3.63) is 0 Å². The SMILES string of the molecule is CCCCP[PH3]C. The van der Waals surface area contributed by atoms with Gasteiger partial charge in [0.2, 0.25) is 0 Å². The fourth-order valence-corrected chi connectivity index (χ4v) is 3.25.